The number of amides is 1. The monoisotopic (exact) mass is 334 g/mol. The summed E-state index contributed by atoms with van der Waals surface area (Å²) in [4.78, 5) is 16.9. The molecule has 0 atom stereocenters. The number of carbonyl (C=O) groups excluding carboxylic acids is 1. The molecule has 5 nitrogen and oxygen atoms in total. The van der Waals surface area contributed by atoms with Crippen LogP contribution in [0.1, 0.15) is 31.7 Å². The molecule has 1 heterocycles. The summed E-state index contributed by atoms with van der Waals surface area (Å²) in [6.45, 7) is 7.09. The van der Waals surface area contributed by atoms with Gasteiger partial charge in [-0.1, -0.05) is 19.4 Å². The van der Waals surface area contributed by atoms with E-state index in [4.69, 9.17) is 9.47 Å². The van der Waals surface area contributed by atoms with E-state index < -0.39 is 0 Å². The van der Waals surface area contributed by atoms with Crippen LogP contribution >= 0.6 is 0 Å². The minimum Gasteiger partial charge on any atom is -0.493 e. The lowest BCUT2D eigenvalue weighted by Crippen LogP contribution is -2.48. The summed E-state index contributed by atoms with van der Waals surface area (Å²) >= 11 is 0. The molecule has 0 spiro atoms. The smallest absolute Gasteiger partial charge is 0.222 e. The van der Waals surface area contributed by atoms with Crippen LogP contribution < -0.4 is 9.47 Å². The number of piperazine rings is 1. The number of hydrogen-bond donors (Lipinski definition) is 0. The molecule has 1 aromatic rings. The van der Waals surface area contributed by atoms with Crippen molar-refractivity contribution in [3.8, 4) is 11.5 Å². The van der Waals surface area contributed by atoms with E-state index in [-0.39, 0.29) is 5.91 Å². The molecule has 0 saturated carbocycles. The molecule has 1 amide bonds. The van der Waals surface area contributed by atoms with Crippen molar-refractivity contribution in [3.63, 3.8) is 0 Å². The Bertz CT molecular complexity index is 525. The average Bonchev–Trinajstić information content (AvgIpc) is 2.64. The van der Waals surface area contributed by atoms with Crippen LogP contribution in [0.4, 0.5) is 0 Å². The standard InChI is InChI=1S/C19H30N2O3/c1-4-5-10-20-11-13-21(14-12-20)19(22)9-7-16-6-8-17(23-2)18(15-16)24-3/h6,8,15H,4-5,7,9-14H2,1-3H3. The first-order valence-electron chi connectivity index (χ1n) is 8.89. The predicted molar refractivity (Wildman–Crippen MR) is 95.8 cm³/mol. The fourth-order valence-corrected chi connectivity index (χ4v) is 3.05. The Hall–Kier alpha value is -1.75. The van der Waals surface area contributed by atoms with E-state index in [0.717, 1.165) is 50.5 Å². The third-order valence-corrected chi connectivity index (χ3v) is 4.63. The van der Waals surface area contributed by atoms with E-state index in [2.05, 4.69) is 11.8 Å². The van der Waals surface area contributed by atoms with E-state index in [1.165, 1.54) is 12.8 Å². The van der Waals surface area contributed by atoms with Crippen molar-refractivity contribution in [2.75, 3.05) is 46.9 Å². The molecule has 1 aliphatic heterocycles. The van der Waals surface area contributed by atoms with Crippen molar-refractivity contribution in [2.24, 2.45) is 0 Å². The highest BCUT2D eigenvalue weighted by Gasteiger charge is 2.20. The van der Waals surface area contributed by atoms with Crippen LogP contribution in [0.5, 0.6) is 11.5 Å². The number of unbranched alkanes of at least 4 members (excludes halogenated alkanes) is 1. The SMILES string of the molecule is CCCCN1CCN(C(=O)CCc2ccc(OC)c(OC)c2)CC1. The van der Waals surface area contributed by atoms with Gasteiger partial charge in [-0.3, -0.25) is 9.69 Å². The number of benzene rings is 1. The highest BCUT2D eigenvalue weighted by Crippen LogP contribution is 2.28. The summed E-state index contributed by atoms with van der Waals surface area (Å²) in [6.07, 6.45) is 3.75. The molecule has 2 rings (SSSR count). The summed E-state index contributed by atoms with van der Waals surface area (Å²) in [5.41, 5.74) is 1.10. The first-order chi connectivity index (χ1) is 11.7. The lowest BCUT2D eigenvalue weighted by atomic mass is 10.1. The molecule has 134 valence electrons. The summed E-state index contributed by atoms with van der Waals surface area (Å²) in [7, 11) is 3.26. The predicted octanol–water partition coefficient (Wildman–Crippen LogP) is 2.58. The second kappa shape index (κ2) is 9.52. The minimum atomic E-state index is 0.250. The number of aryl methyl sites for hydroxylation is 1. The van der Waals surface area contributed by atoms with Gasteiger partial charge in [-0.2, -0.15) is 0 Å². The van der Waals surface area contributed by atoms with Crippen LogP contribution in [0.15, 0.2) is 18.2 Å². The normalized spacial score (nSPS) is 15.4. The van der Waals surface area contributed by atoms with Crippen molar-refractivity contribution in [1.82, 2.24) is 9.80 Å². The van der Waals surface area contributed by atoms with Crippen molar-refractivity contribution in [3.05, 3.63) is 23.8 Å². The molecule has 1 aromatic carbocycles. The van der Waals surface area contributed by atoms with Crippen molar-refractivity contribution in [1.29, 1.82) is 0 Å². The Balaban J connectivity index is 1.79. The van der Waals surface area contributed by atoms with Gasteiger partial charge in [0.15, 0.2) is 11.5 Å². The summed E-state index contributed by atoms with van der Waals surface area (Å²) in [5.74, 6) is 1.68. The van der Waals surface area contributed by atoms with E-state index >= 15 is 0 Å². The molecule has 0 aliphatic carbocycles. The van der Waals surface area contributed by atoms with Gasteiger partial charge in [0.2, 0.25) is 5.91 Å². The Kier molecular flexibility index (Phi) is 7.37. The highest BCUT2D eigenvalue weighted by atomic mass is 16.5. The zero-order chi connectivity index (χ0) is 17.4. The Labute approximate surface area is 145 Å². The maximum absolute atomic E-state index is 12.4. The van der Waals surface area contributed by atoms with Gasteiger partial charge in [0, 0.05) is 32.6 Å². The third kappa shape index (κ3) is 5.13. The van der Waals surface area contributed by atoms with Crippen LogP contribution in [0.3, 0.4) is 0 Å². The molecule has 24 heavy (non-hydrogen) atoms. The van der Waals surface area contributed by atoms with Crippen molar-refractivity contribution >= 4 is 5.91 Å². The maximum atomic E-state index is 12.4. The molecular formula is C19H30N2O3. The van der Waals surface area contributed by atoms with Gasteiger partial charge in [-0.25, -0.2) is 0 Å². The van der Waals surface area contributed by atoms with Crippen LogP contribution in [0, 0.1) is 0 Å². The number of methoxy groups -OCH3 is 2. The largest absolute Gasteiger partial charge is 0.493 e. The molecule has 5 heteroatoms. The van der Waals surface area contributed by atoms with E-state index in [1.54, 1.807) is 14.2 Å². The van der Waals surface area contributed by atoms with Gasteiger partial charge in [-0.15, -0.1) is 0 Å². The second-order valence-electron chi connectivity index (χ2n) is 6.27. The quantitative estimate of drug-likeness (QED) is 0.733. The van der Waals surface area contributed by atoms with E-state index in [1.807, 2.05) is 23.1 Å². The van der Waals surface area contributed by atoms with Gasteiger partial charge in [0.1, 0.15) is 0 Å². The summed E-state index contributed by atoms with van der Waals surface area (Å²) in [5, 5.41) is 0. The number of ether oxygens (including phenoxy) is 2. The fraction of sp³-hybridized carbons (Fsp3) is 0.632. The van der Waals surface area contributed by atoms with Crippen molar-refractivity contribution in [2.45, 2.75) is 32.6 Å². The van der Waals surface area contributed by atoms with Gasteiger partial charge >= 0.3 is 0 Å². The number of carbonyl (C=O) groups is 1. The van der Waals surface area contributed by atoms with Gasteiger partial charge in [-0.05, 0) is 37.1 Å². The van der Waals surface area contributed by atoms with Crippen molar-refractivity contribution < 1.29 is 14.3 Å². The first kappa shape index (κ1) is 18.6. The highest BCUT2D eigenvalue weighted by molar-refractivity contribution is 5.76. The lowest BCUT2D eigenvalue weighted by Gasteiger charge is -2.34. The summed E-state index contributed by atoms with van der Waals surface area (Å²) < 4.78 is 10.6. The molecule has 0 aromatic heterocycles. The van der Waals surface area contributed by atoms with Crippen LogP contribution in [0.2, 0.25) is 0 Å². The Morgan fingerprint density at radius 3 is 2.42 bits per heavy atom. The summed E-state index contributed by atoms with van der Waals surface area (Å²) in [6, 6.07) is 5.84. The first-order valence-corrected chi connectivity index (χ1v) is 8.89. The Morgan fingerprint density at radius 1 is 1.08 bits per heavy atom. The Morgan fingerprint density at radius 2 is 1.79 bits per heavy atom. The van der Waals surface area contributed by atoms with Gasteiger partial charge < -0.3 is 14.4 Å². The minimum absolute atomic E-state index is 0.250. The molecule has 0 unspecified atom stereocenters. The molecule has 0 bridgehead atoms. The zero-order valence-electron chi connectivity index (χ0n) is 15.2. The molecular weight excluding hydrogens is 304 g/mol. The van der Waals surface area contributed by atoms with E-state index in [9.17, 15) is 4.79 Å². The lowest BCUT2D eigenvalue weighted by molar-refractivity contribution is -0.132. The maximum Gasteiger partial charge on any atom is 0.222 e. The zero-order valence-corrected chi connectivity index (χ0v) is 15.2. The fourth-order valence-electron chi connectivity index (χ4n) is 3.05. The molecule has 0 radical (unpaired) electrons. The molecule has 1 fully saturated rings. The topological polar surface area (TPSA) is 42.0 Å². The molecule has 0 N–H and O–H groups in total. The molecule has 1 aliphatic rings. The average molecular weight is 334 g/mol. The molecule has 1 saturated heterocycles. The van der Waals surface area contributed by atoms with Crippen LogP contribution in [-0.4, -0.2) is 62.7 Å². The van der Waals surface area contributed by atoms with Crippen LogP contribution in [-0.2, 0) is 11.2 Å². The van der Waals surface area contributed by atoms with E-state index in [0.29, 0.717) is 12.2 Å². The second-order valence-corrected chi connectivity index (χ2v) is 6.27. The number of rotatable bonds is 8. The third-order valence-electron chi connectivity index (χ3n) is 4.63. The number of hydrogen-bond acceptors (Lipinski definition) is 4. The van der Waals surface area contributed by atoms with Gasteiger partial charge in [0.05, 0.1) is 14.2 Å². The van der Waals surface area contributed by atoms with Crippen LogP contribution in [0.25, 0.3) is 0 Å². The van der Waals surface area contributed by atoms with Gasteiger partial charge in [0.25, 0.3) is 0 Å². The number of nitrogens with zero attached hydrogens (tertiary/aromatic N) is 2.